The van der Waals surface area contributed by atoms with Gasteiger partial charge in [-0.05, 0) is 49.1 Å². The Kier molecular flexibility index (Phi) is 13.5. The zero-order valence-electron chi connectivity index (χ0n) is 36.4. The predicted molar refractivity (Wildman–Crippen MR) is 221 cm³/mol. The summed E-state index contributed by atoms with van der Waals surface area (Å²) in [5, 5.41) is 40.3. The Morgan fingerprint density at radius 1 is 0.903 bits per heavy atom. The molecule has 0 radical (unpaired) electrons. The van der Waals surface area contributed by atoms with Crippen molar-refractivity contribution < 1.29 is 67.8 Å². The highest BCUT2D eigenvalue weighted by molar-refractivity contribution is 5.95. The van der Waals surface area contributed by atoms with E-state index in [9.17, 15) is 39.3 Å². The third kappa shape index (κ3) is 8.20. The Hall–Kier alpha value is -4.96. The van der Waals surface area contributed by atoms with E-state index >= 15 is 4.79 Å². The highest BCUT2D eigenvalue weighted by Crippen LogP contribution is 2.64. The number of unbranched alkanes of at least 4 members (excludes halogenated alkanes) is 3. The van der Waals surface area contributed by atoms with Crippen LogP contribution >= 0.6 is 0 Å². The van der Waals surface area contributed by atoms with Crippen LogP contribution in [0.25, 0.3) is 0 Å². The van der Waals surface area contributed by atoms with Crippen LogP contribution in [0.3, 0.4) is 0 Å². The summed E-state index contributed by atoms with van der Waals surface area (Å²) in [6.07, 6.45) is -6.84. The van der Waals surface area contributed by atoms with Crippen molar-refractivity contribution in [3.63, 3.8) is 0 Å². The van der Waals surface area contributed by atoms with E-state index in [4.69, 9.17) is 23.7 Å². The first kappa shape index (κ1) is 46.5. The van der Waals surface area contributed by atoms with E-state index in [0.717, 1.165) is 33.1 Å². The van der Waals surface area contributed by atoms with Gasteiger partial charge in [-0.25, -0.2) is 9.59 Å². The monoisotopic (exact) mass is 861 g/mol. The van der Waals surface area contributed by atoms with Crippen molar-refractivity contribution in [1.82, 2.24) is 5.32 Å². The molecule has 15 heteroatoms. The molecule has 4 aliphatic rings. The van der Waals surface area contributed by atoms with Gasteiger partial charge in [0.25, 0.3) is 0 Å². The van der Waals surface area contributed by atoms with Crippen LogP contribution in [0.5, 0.6) is 0 Å². The lowest BCUT2D eigenvalue weighted by Gasteiger charge is -2.67. The number of fused-ring (bicyclic) bond motifs is 5. The molecular formula is C47H59NO14. The van der Waals surface area contributed by atoms with Gasteiger partial charge in [0.2, 0.25) is 5.91 Å². The SMILES string of the molecule is CCCCCCC(=O)N[C@@H](c1ccccc1)[C@@H](O)C(=O)O[C@H]1C[C@@]2(O)[C@@H](OC(=O)c3ccccc3)[C@@H]3[C@]4(OC(C)=O)CO[C@@H]4C[C@H](O)[C@@]3(C)C(=O)[C@H](OC(C)=O)C(=C1C)C2(C)C. The third-order valence-corrected chi connectivity index (χ3v) is 13.7. The van der Waals surface area contributed by atoms with E-state index in [1.165, 1.54) is 26.0 Å². The Labute approximate surface area is 361 Å². The van der Waals surface area contributed by atoms with Crippen molar-refractivity contribution in [2.45, 2.75) is 147 Å². The number of rotatable bonds is 14. The topological polar surface area (TPSA) is 221 Å². The van der Waals surface area contributed by atoms with Gasteiger partial charge in [-0.1, -0.05) is 88.6 Å². The maximum Gasteiger partial charge on any atom is 0.338 e. The number of carbonyl (C=O) groups is 6. The number of aliphatic hydroxyl groups excluding tert-OH is 2. The van der Waals surface area contributed by atoms with Crippen molar-refractivity contribution in [1.29, 1.82) is 0 Å². The van der Waals surface area contributed by atoms with Crippen LogP contribution in [-0.2, 0) is 47.7 Å². The van der Waals surface area contributed by atoms with E-state index in [1.54, 1.807) is 62.4 Å². The van der Waals surface area contributed by atoms with E-state index in [2.05, 4.69) is 12.2 Å². The largest absolute Gasteiger partial charge is 0.456 e. The maximum absolute atomic E-state index is 15.5. The van der Waals surface area contributed by atoms with Crippen LogP contribution in [0.15, 0.2) is 71.8 Å². The predicted octanol–water partition coefficient (Wildman–Crippen LogP) is 4.39. The fourth-order valence-electron chi connectivity index (χ4n) is 10.3. The molecule has 0 spiro atoms. The quantitative estimate of drug-likeness (QED) is 0.0896. The van der Waals surface area contributed by atoms with Gasteiger partial charge in [0.1, 0.15) is 23.9 Å². The third-order valence-electron chi connectivity index (χ3n) is 13.7. The van der Waals surface area contributed by atoms with Crippen LogP contribution in [0.2, 0.25) is 0 Å². The first-order valence-electron chi connectivity index (χ1n) is 21.4. The fraction of sp³-hybridized carbons (Fsp3) is 0.574. The van der Waals surface area contributed by atoms with Gasteiger partial charge in [-0.2, -0.15) is 0 Å². The van der Waals surface area contributed by atoms with Crippen molar-refractivity contribution in [2.24, 2.45) is 16.7 Å². The summed E-state index contributed by atoms with van der Waals surface area (Å²) in [6.45, 7) is 10.1. The summed E-state index contributed by atoms with van der Waals surface area (Å²) in [6, 6.07) is 15.0. The summed E-state index contributed by atoms with van der Waals surface area (Å²) < 4.78 is 30.3. The van der Waals surface area contributed by atoms with Crippen LogP contribution in [0.1, 0.15) is 115 Å². The van der Waals surface area contributed by atoms with E-state index in [1.807, 2.05) is 0 Å². The van der Waals surface area contributed by atoms with Crippen molar-refractivity contribution in [2.75, 3.05) is 6.61 Å². The van der Waals surface area contributed by atoms with Crippen LogP contribution in [0.4, 0.5) is 0 Å². The lowest BCUT2D eigenvalue weighted by molar-refractivity contribution is -0.346. The zero-order valence-corrected chi connectivity index (χ0v) is 36.4. The molecule has 336 valence electrons. The Balaban J connectivity index is 1.50. The first-order valence-corrected chi connectivity index (χ1v) is 21.4. The number of Topliss-reactive ketones (excluding diaryl/α,β-unsaturated/α-hetero) is 1. The average Bonchev–Trinajstić information content (AvgIpc) is 3.22. The molecule has 0 unspecified atom stereocenters. The molecule has 2 aromatic rings. The number of carbonyl (C=O) groups excluding carboxylic acids is 6. The average molecular weight is 862 g/mol. The number of ketones is 1. The number of aliphatic hydroxyl groups is 3. The summed E-state index contributed by atoms with van der Waals surface area (Å²) in [4.78, 5) is 83.2. The van der Waals surface area contributed by atoms with Crippen molar-refractivity contribution >= 4 is 35.6 Å². The second-order valence-electron chi connectivity index (χ2n) is 17.9. The fourth-order valence-corrected chi connectivity index (χ4v) is 10.3. The second kappa shape index (κ2) is 18.0. The molecule has 6 rings (SSSR count). The molecule has 2 saturated carbocycles. The van der Waals surface area contributed by atoms with Crippen molar-refractivity contribution in [3.8, 4) is 0 Å². The molecule has 3 fully saturated rings. The molecule has 1 heterocycles. The molecule has 0 aromatic heterocycles. The Morgan fingerprint density at radius 2 is 1.55 bits per heavy atom. The number of ether oxygens (including phenoxy) is 5. The number of nitrogens with one attached hydrogen (secondary N) is 1. The maximum atomic E-state index is 15.5. The summed E-state index contributed by atoms with van der Waals surface area (Å²) >= 11 is 0. The van der Waals surface area contributed by atoms with Gasteiger partial charge in [0.05, 0.1) is 35.6 Å². The summed E-state index contributed by atoms with van der Waals surface area (Å²) in [5.74, 6) is -6.54. The lowest BCUT2D eigenvalue weighted by atomic mass is 9.44. The van der Waals surface area contributed by atoms with E-state index in [0.29, 0.717) is 12.0 Å². The number of benzene rings is 2. The Morgan fingerprint density at radius 3 is 2.13 bits per heavy atom. The van der Waals surface area contributed by atoms with Crippen molar-refractivity contribution in [3.05, 3.63) is 82.9 Å². The molecular weight excluding hydrogens is 803 g/mol. The molecule has 2 bridgehead atoms. The van der Waals surface area contributed by atoms with E-state index < -0.39 is 107 Å². The number of esters is 4. The molecule has 4 N–H and O–H groups in total. The smallest absolute Gasteiger partial charge is 0.338 e. The molecule has 11 atom stereocenters. The van der Waals surface area contributed by atoms with Gasteiger partial charge in [0.15, 0.2) is 23.6 Å². The van der Waals surface area contributed by atoms with Gasteiger partial charge >= 0.3 is 23.9 Å². The van der Waals surface area contributed by atoms with Crippen LogP contribution < -0.4 is 5.32 Å². The molecule has 1 saturated heterocycles. The van der Waals surface area contributed by atoms with Gasteiger partial charge in [0, 0.05) is 38.5 Å². The standard InChI is InChI=1S/C47H59NO14/c1-8-9-10-17-22-34(52)48-36(29-18-13-11-14-19-29)37(53)43(56)60-31-24-47(57)41(61-42(55)30-20-15-12-16-21-30)39-45(7,32(51)23-33-46(39,25-58-33)62-28(4)50)40(54)38(59-27(3)49)35(26(31)2)44(47,5)6/h11-16,18-21,31-33,36-39,41,51,53,57H,8-10,17,22-25H2,1-7H3,(H,48,52)/t31-,32-,33+,36-,37+,38+,39-,41-,45+,46-,47+/m0/s1. The minimum absolute atomic E-state index is 0.0138. The van der Waals surface area contributed by atoms with Gasteiger partial charge in [-0.15, -0.1) is 0 Å². The molecule has 3 aliphatic carbocycles. The Bertz CT molecular complexity index is 2070. The first-order chi connectivity index (χ1) is 29.2. The summed E-state index contributed by atoms with van der Waals surface area (Å²) in [7, 11) is 0. The number of hydrogen-bond acceptors (Lipinski definition) is 14. The van der Waals surface area contributed by atoms with E-state index in [-0.39, 0.29) is 42.1 Å². The lowest BCUT2D eigenvalue weighted by Crippen LogP contribution is -2.82. The molecule has 62 heavy (non-hydrogen) atoms. The number of hydrogen-bond donors (Lipinski definition) is 4. The molecule has 2 aromatic carbocycles. The van der Waals surface area contributed by atoms with Gasteiger partial charge < -0.3 is 44.3 Å². The van der Waals surface area contributed by atoms with Crippen LogP contribution in [0, 0.1) is 16.7 Å². The number of amides is 1. The highest BCUT2D eigenvalue weighted by Gasteiger charge is 2.78. The zero-order chi connectivity index (χ0) is 45.4. The minimum atomic E-state index is -2.37. The molecule has 1 amide bonds. The highest BCUT2D eigenvalue weighted by atomic mass is 16.6. The molecule has 15 nitrogen and oxygen atoms in total. The second-order valence-corrected chi connectivity index (χ2v) is 17.9. The summed E-state index contributed by atoms with van der Waals surface area (Å²) in [5.41, 5.74) is -7.12. The minimum Gasteiger partial charge on any atom is -0.456 e. The molecule has 1 aliphatic heterocycles. The van der Waals surface area contributed by atoms with Crippen LogP contribution in [-0.4, -0.2) is 105 Å². The normalized spacial score (nSPS) is 31.9. The van der Waals surface area contributed by atoms with Gasteiger partial charge in [-0.3, -0.25) is 19.2 Å².